The first-order chi connectivity index (χ1) is 8.60. The highest BCUT2D eigenvalue weighted by Crippen LogP contribution is 2.38. The minimum atomic E-state index is -2.49. The number of aliphatic hydroxyl groups excluding tert-OH is 1. The summed E-state index contributed by atoms with van der Waals surface area (Å²) in [7, 11) is 0. The second-order valence-electron chi connectivity index (χ2n) is 4.34. The van der Waals surface area contributed by atoms with Crippen LogP contribution in [0.5, 0.6) is 0 Å². The molecule has 7 heteroatoms. The van der Waals surface area contributed by atoms with Gasteiger partial charge in [0.15, 0.2) is 0 Å². The lowest BCUT2D eigenvalue weighted by Gasteiger charge is -2.22. The number of nitrogen functional groups attached to an aromatic ring is 1. The molecule has 1 heterocycles. The van der Waals surface area contributed by atoms with E-state index in [1.54, 1.807) is 0 Å². The van der Waals surface area contributed by atoms with Crippen molar-refractivity contribution in [2.75, 3.05) is 30.3 Å². The van der Waals surface area contributed by atoms with E-state index in [-0.39, 0.29) is 19.0 Å². The van der Waals surface area contributed by atoms with E-state index in [4.69, 9.17) is 10.8 Å². The van der Waals surface area contributed by atoms with Crippen molar-refractivity contribution in [1.82, 2.24) is 9.97 Å². The van der Waals surface area contributed by atoms with E-state index in [2.05, 4.69) is 9.97 Å². The fourth-order valence-corrected chi connectivity index (χ4v) is 1.74. The second kappa shape index (κ2) is 5.43. The van der Waals surface area contributed by atoms with Crippen molar-refractivity contribution in [3.63, 3.8) is 0 Å². The molecule has 1 aliphatic rings. The number of alkyl halides is 2. The average Bonchev–Trinajstić information content (AvgIpc) is 3.10. The molecule has 0 aliphatic heterocycles. The standard InChI is InChI=1S/C11H16F2N4O/c12-8(13)6-17(3-4-18)10-5-9(14)15-11(16-10)7-1-2-7/h5,7-8,18H,1-4,6H2,(H2,14,15,16). The molecule has 18 heavy (non-hydrogen) atoms. The maximum absolute atomic E-state index is 12.5. The third kappa shape index (κ3) is 3.25. The lowest BCUT2D eigenvalue weighted by Crippen LogP contribution is -2.32. The molecule has 0 spiro atoms. The molecule has 1 aromatic rings. The maximum atomic E-state index is 12.5. The van der Waals surface area contributed by atoms with Crippen LogP contribution in [-0.2, 0) is 0 Å². The van der Waals surface area contributed by atoms with Crippen molar-refractivity contribution in [1.29, 1.82) is 0 Å². The molecule has 0 aromatic carbocycles. The molecule has 3 N–H and O–H groups in total. The van der Waals surface area contributed by atoms with E-state index in [1.165, 1.54) is 11.0 Å². The Morgan fingerprint density at radius 3 is 2.72 bits per heavy atom. The first-order valence-electron chi connectivity index (χ1n) is 5.88. The summed E-state index contributed by atoms with van der Waals surface area (Å²) in [6.07, 6.45) is -0.465. The summed E-state index contributed by atoms with van der Waals surface area (Å²) in [4.78, 5) is 9.69. The third-order valence-electron chi connectivity index (χ3n) is 2.74. The fraction of sp³-hybridized carbons (Fsp3) is 0.636. The number of hydrogen-bond donors (Lipinski definition) is 2. The summed E-state index contributed by atoms with van der Waals surface area (Å²) in [5, 5.41) is 8.91. The quantitative estimate of drug-likeness (QED) is 0.796. The molecular formula is C11H16F2N4O. The van der Waals surface area contributed by atoms with Crippen LogP contribution in [0.4, 0.5) is 20.4 Å². The first kappa shape index (κ1) is 12.9. The largest absolute Gasteiger partial charge is 0.395 e. The van der Waals surface area contributed by atoms with Gasteiger partial charge in [-0.3, -0.25) is 0 Å². The molecule has 1 fully saturated rings. The molecule has 100 valence electrons. The number of hydrogen-bond acceptors (Lipinski definition) is 5. The number of nitrogens with two attached hydrogens (primary N) is 1. The Balaban J connectivity index is 2.21. The van der Waals surface area contributed by atoms with Crippen LogP contribution in [-0.4, -0.2) is 41.2 Å². The SMILES string of the molecule is Nc1cc(N(CCO)CC(F)F)nc(C2CC2)n1. The Morgan fingerprint density at radius 1 is 1.44 bits per heavy atom. The number of anilines is 2. The van der Waals surface area contributed by atoms with Crippen molar-refractivity contribution in [3.05, 3.63) is 11.9 Å². The average molecular weight is 258 g/mol. The van der Waals surface area contributed by atoms with E-state index < -0.39 is 13.0 Å². The van der Waals surface area contributed by atoms with Gasteiger partial charge in [0.2, 0.25) is 0 Å². The highest BCUT2D eigenvalue weighted by atomic mass is 19.3. The predicted octanol–water partition coefficient (Wildman–Crippen LogP) is 1.000. The lowest BCUT2D eigenvalue weighted by molar-refractivity contribution is 0.152. The molecule has 2 rings (SSSR count). The number of rotatable bonds is 6. The third-order valence-corrected chi connectivity index (χ3v) is 2.74. The zero-order valence-corrected chi connectivity index (χ0v) is 9.89. The Morgan fingerprint density at radius 2 is 2.17 bits per heavy atom. The molecule has 0 saturated heterocycles. The summed E-state index contributed by atoms with van der Waals surface area (Å²) in [5.74, 6) is 1.55. The molecule has 0 amide bonds. The summed E-state index contributed by atoms with van der Waals surface area (Å²) in [5.41, 5.74) is 5.66. The van der Waals surface area contributed by atoms with E-state index in [9.17, 15) is 8.78 Å². The van der Waals surface area contributed by atoms with Crippen molar-refractivity contribution in [3.8, 4) is 0 Å². The molecule has 0 bridgehead atoms. The topological polar surface area (TPSA) is 75.3 Å². The van der Waals surface area contributed by atoms with Crippen LogP contribution in [0.25, 0.3) is 0 Å². The van der Waals surface area contributed by atoms with Gasteiger partial charge in [-0.15, -0.1) is 0 Å². The minimum absolute atomic E-state index is 0.102. The summed E-state index contributed by atoms with van der Waals surface area (Å²) >= 11 is 0. The highest BCUT2D eigenvalue weighted by molar-refractivity contribution is 5.47. The predicted molar refractivity (Wildman–Crippen MR) is 63.7 cm³/mol. The molecule has 1 saturated carbocycles. The van der Waals surface area contributed by atoms with Crippen LogP contribution in [0, 0.1) is 0 Å². The Hall–Kier alpha value is -1.50. The van der Waals surface area contributed by atoms with Crippen LogP contribution in [0.3, 0.4) is 0 Å². The van der Waals surface area contributed by atoms with E-state index in [1.807, 2.05) is 0 Å². The molecular weight excluding hydrogens is 242 g/mol. The fourth-order valence-electron chi connectivity index (χ4n) is 1.74. The Labute approximate surface area is 104 Å². The first-order valence-corrected chi connectivity index (χ1v) is 5.88. The highest BCUT2D eigenvalue weighted by Gasteiger charge is 2.28. The summed E-state index contributed by atoms with van der Waals surface area (Å²) in [6.45, 7) is -0.582. The number of aliphatic hydroxyl groups is 1. The maximum Gasteiger partial charge on any atom is 0.255 e. The van der Waals surface area contributed by atoms with Gasteiger partial charge in [-0.1, -0.05) is 0 Å². The van der Waals surface area contributed by atoms with Gasteiger partial charge in [-0.05, 0) is 12.8 Å². The van der Waals surface area contributed by atoms with Crippen molar-refractivity contribution < 1.29 is 13.9 Å². The van der Waals surface area contributed by atoms with Crippen LogP contribution >= 0.6 is 0 Å². The van der Waals surface area contributed by atoms with Crippen molar-refractivity contribution in [2.24, 2.45) is 0 Å². The van der Waals surface area contributed by atoms with Gasteiger partial charge in [0.25, 0.3) is 6.43 Å². The summed E-state index contributed by atoms with van der Waals surface area (Å²) < 4.78 is 24.9. The van der Waals surface area contributed by atoms with Crippen LogP contribution < -0.4 is 10.6 Å². The van der Waals surface area contributed by atoms with Crippen molar-refractivity contribution in [2.45, 2.75) is 25.2 Å². The molecule has 5 nitrogen and oxygen atoms in total. The van der Waals surface area contributed by atoms with E-state index in [0.29, 0.717) is 17.6 Å². The van der Waals surface area contributed by atoms with E-state index >= 15 is 0 Å². The normalized spacial score (nSPS) is 15.1. The van der Waals surface area contributed by atoms with Gasteiger partial charge < -0.3 is 15.7 Å². The van der Waals surface area contributed by atoms with Gasteiger partial charge in [-0.25, -0.2) is 18.7 Å². The monoisotopic (exact) mass is 258 g/mol. The van der Waals surface area contributed by atoms with Crippen LogP contribution in [0.15, 0.2) is 6.07 Å². The van der Waals surface area contributed by atoms with E-state index in [0.717, 1.165) is 12.8 Å². The van der Waals surface area contributed by atoms with Gasteiger partial charge in [0.1, 0.15) is 17.5 Å². The lowest BCUT2D eigenvalue weighted by atomic mass is 10.3. The van der Waals surface area contributed by atoms with Gasteiger partial charge in [0, 0.05) is 18.5 Å². The molecule has 0 atom stereocenters. The van der Waals surface area contributed by atoms with Gasteiger partial charge in [0.05, 0.1) is 13.2 Å². The number of aromatic nitrogens is 2. The molecule has 1 aliphatic carbocycles. The molecule has 1 aromatic heterocycles. The van der Waals surface area contributed by atoms with Crippen molar-refractivity contribution >= 4 is 11.6 Å². The number of halogens is 2. The zero-order chi connectivity index (χ0) is 13.1. The smallest absolute Gasteiger partial charge is 0.255 e. The minimum Gasteiger partial charge on any atom is -0.395 e. The second-order valence-corrected chi connectivity index (χ2v) is 4.34. The molecule has 0 radical (unpaired) electrons. The Bertz CT molecular complexity index is 412. The van der Waals surface area contributed by atoms with Crippen LogP contribution in [0.1, 0.15) is 24.6 Å². The molecule has 0 unspecified atom stereocenters. The zero-order valence-electron chi connectivity index (χ0n) is 9.89. The summed E-state index contributed by atoms with van der Waals surface area (Å²) in [6, 6.07) is 1.46. The van der Waals surface area contributed by atoms with Gasteiger partial charge >= 0.3 is 0 Å². The number of nitrogens with zero attached hydrogens (tertiary/aromatic N) is 3. The van der Waals surface area contributed by atoms with Gasteiger partial charge in [-0.2, -0.15) is 0 Å². The van der Waals surface area contributed by atoms with Crippen LogP contribution in [0.2, 0.25) is 0 Å². The Kier molecular flexibility index (Phi) is 3.90.